The van der Waals surface area contributed by atoms with Crippen molar-refractivity contribution in [1.29, 1.82) is 0 Å². The summed E-state index contributed by atoms with van der Waals surface area (Å²) in [7, 11) is -2.09. The molecule has 3 heterocycles. The van der Waals surface area contributed by atoms with Crippen LogP contribution in [0, 0.1) is 0 Å². The number of hydrogen-bond donors (Lipinski definition) is 2. The third kappa shape index (κ3) is 3.24. The van der Waals surface area contributed by atoms with Crippen LogP contribution in [0.3, 0.4) is 0 Å². The van der Waals surface area contributed by atoms with Gasteiger partial charge in [-0.15, -0.1) is 11.3 Å². The molecule has 0 amide bonds. The molecule has 0 spiro atoms. The maximum atomic E-state index is 12.3. The summed E-state index contributed by atoms with van der Waals surface area (Å²) in [4.78, 5) is 4.53. The standard InChI is InChI=1S/C14H15N3O3S3/c1-17-7-13(15-10-17)23(19,20)16-9-14(18,11-4-6-21-8-11)12-3-2-5-22-12/h2-8,10,16,18H,9H2,1H3. The molecule has 1 unspecified atom stereocenters. The molecule has 0 aliphatic heterocycles. The van der Waals surface area contributed by atoms with Crippen LogP contribution in [0.15, 0.2) is 51.9 Å². The van der Waals surface area contributed by atoms with Gasteiger partial charge >= 0.3 is 0 Å². The SMILES string of the molecule is Cn1cnc(S(=O)(=O)NCC(O)(c2ccsc2)c2cccs2)c1. The highest BCUT2D eigenvalue weighted by atomic mass is 32.2. The van der Waals surface area contributed by atoms with Crippen molar-refractivity contribution in [1.82, 2.24) is 14.3 Å². The van der Waals surface area contributed by atoms with Crippen LogP contribution in [0.5, 0.6) is 0 Å². The molecule has 0 radical (unpaired) electrons. The van der Waals surface area contributed by atoms with Crippen molar-refractivity contribution in [2.45, 2.75) is 10.6 Å². The van der Waals surface area contributed by atoms with Crippen LogP contribution in [0.1, 0.15) is 10.4 Å². The van der Waals surface area contributed by atoms with Gasteiger partial charge in [0.2, 0.25) is 0 Å². The minimum atomic E-state index is -3.79. The summed E-state index contributed by atoms with van der Waals surface area (Å²) in [6.07, 6.45) is 2.83. The Morgan fingerprint density at radius 2 is 2.22 bits per heavy atom. The highest BCUT2D eigenvalue weighted by Gasteiger charge is 2.35. The molecule has 0 bridgehead atoms. The second-order valence-electron chi connectivity index (χ2n) is 5.05. The number of nitrogens with zero attached hydrogens (tertiary/aromatic N) is 2. The van der Waals surface area contributed by atoms with E-state index in [1.165, 1.54) is 35.2 Å². The normalized spacial score (nSPS) is 14.7. The Morgan fingerprint density at radius 1 is 1.39 bits per heavy atom. The van der Waals surface area contributed by atoms with Gasteiger partial charge in [-0.1, -0.05) is 6.07 Å². The van der Waals surface area contributed by atoms with E-state index < -0.39 is 15.6 Å². The van der Waals surface area contributed by atoms with Crippen molar-refractivity contribution in [3.05, 3.63) is 57.3 Å². The number of thiophene rings is 2. The van der Waals surface area contributed by atoms with Gasteiger partial charge < -0.3 is 9.67 Å². The van der Waals surface area contributed by atoms with E-state index in [2.05, 4.69) is 9.71 Å². The lowest BCUT2D eigenvalue weighted by Gasteiger charge is -2.26. The molecule has 0 saturated heterocycles. The molecule has 3 aromatic heterocycles. The molecule has 3 rings (SSSR count). The topological polar surface area (TPSA) is 84.2 Å². The van der Waals surface area contributed by atoms with Crippen LogP contribution >= 0.6 is 22.7 Å². The Bertz CT molecular complexity index is 833. The van der Waals surface area contributed by atoms with E-state index in [4.69, 9.17) is 0 Å². The molecule has 3 aromatic rings. The number of hydrogen-bond acceptors (Lipinski definition) is 6. The molecular weight excluding hydrogens is 354 g/mol. The van der Waals surface area contributed by atoms with Crippen molar-refractivity contribution in [2.24, 2.45) is 7.05 Å². The monoisotopic (exact) mass is 369 g/mol. The van der Waals surface area contributed by atoms with Crippen molar-refractivity contribution in [3.8, 4) is 0 Å². The molecule has 0 saturated carbocycles. The smallest absolute Gasteiger partial charge is 0.259 e. The van der Waals surface area contributed by atoms with E-state index in [0.717, 1.165) is 0 Å². The van der Waals surface area contributed by atoms with Gasteiger partial charge in [0.25, 0.3) is 10.0 Å². The third-order valence-electron chi connectivity index (χ3n) is 3.40. The Kier molecular flexibility index (Phi) is 4.39. The molecule has 122 valence electrons. The number of sulfonamides is 1. The van der Waals surface area contributed by atoms with Gasteiger partial charge in [0.1, 0.15) is 5.60 Å². The zero-order valence-corrected chi connectivity index (χ0v) is 14.7. The fraction of sp³-hybridized carbons (Fsp3) is 0.214. The van der Waals surface area contributed by atoms with E-state index >= 15 is 0 Å². The van der Waals surface area contributed by atoms with Crippen molar-refractivity contribution < 1.29 is 13.5 Å². The summed E-state index contributed by atoms with van der Waals surface area (Å²) in [6.45, 7) is -0.164. The molecule has 0 aromatic carbocycles. The van der Waals surface area contributed by atoms with E-state index in [0.29, 0.717) is 10.4 Å². The Morgan fingerprint density at radius 3 is 2.78 bits per heavy atom. The van der Waals surface area contributed by atoms with Crippen LogP contribution in [0.4, 0.5) is 0 Å². The van der Waals surface area contributed by atoms with Gasteiger partial charge in [0, 0.05) is 30.2 Å². The summed E-state index contributed by atoms with van der Waals surface area (Å²) in [6, 6.07) is 5.40. The summed E-state index contributed by atoms with van der Waals surface area (Å²) in [5, 5.41) is 16.6. The van der Waals surface area contributed by atoms with Gasteiger partial charge in [0.05, 0.1) is 6.33 Å². The second kappa shape index (κ2) is 6.17. The fourth-order valence-electron chi connectivity index (χ4n) is 2.15. The number of nitrogens with one attached hydrogen (secondary N) is 1. The number of aromatic nitrogens is 2. The molecule has 1 atom stereocenters. The number of aryl methyl sites for hydroxylation is 1. The predicted octanol–water partition coefficient (Wildman–Crippen LogP) is 1.76. The van der Waals surface area contributed by atoms with E-state index in [-0.39, 0.29) is 11.6 Å². The largest absolute Gasteiger partial charge is 0.378 e. The predicted molar refractivity (Wildman–Crippen MR) is 90.0 cm³/mol. The van der Waals surface area contributed by atoms with E-state index in [1.54, 1.807) is 23.7 Å². The van der Waals surface area contributed by atoms with Crippen LogP contribution in [0.2, 0.25) is 0 Å². The highest BCUT2D eigenvalue weighted by molar-refractivity contribution is 7.89. The Balaban J connectivity index is 1.89. The lowest BCUT2D eigenvalue weighted by molar-refractivity contribution is 0.0903. The second-order valence-corrected chi connectivity index (χ2v) is 8.49. The first-order chi connectivity index (χ1) is 10.9. The van der Waals surface area contributed by atoms with Crippen LogP contribution in [0.25, 0.3) is 0 Å². The molecule has 2 N–H and O–H groups in total. The Hall–Kier alpha value is -1.52. The zero-order chi connectivity index (χ0) is 16.5. The first kappa shape index (κ1) is 16.3. The molecule has 0 aliphatic rings. The van der Waals surface area contributed by atoms with E-state index in [9.17, 15) is 13.5 Å². The average Bonchev–Trinajstić information content (AvgIpc) is 3.25. The number of rotatable bonds is 6. The minimum absolute atomic E-state index is 0.0705. The fourth-order valence-corrected chi connectivity index (χ4v) is 4.75. The first-order valence-electron chi connectivity index (χ1n) is 6.68. The average molecular weight is 369 g/mol. The summed E-state index contributed by atoms with van der Waals surface area (Å²) < 4.78 is 28.7. The Labute approximate surface area is 142 Å². The van der Waals surface area contributed by atoms with E-state index in [1.807, 2.05) is 22.2 Å². The first-order valence-corrected chi connectivity index (χ1v) is 9.99. The van der Waals surface area contributed by atoms with Crippen molar-refractivity contribution in [2.75, 3.05) is 6.54 Å². The van der Waals surface area contributed by atoms with Gasteiger partial charge in [-0.3, -0.25) is 0 Å². The highest BCUT2D eigenvalue weighted by Crippen LogP contribution is 2.33. The lowest BCUT2D eigenvalue weighted by atomic mass is 9.95. The lowest BCUT2D eigenvalue weighted by Crippen LogP contribution is -2.41. The molecule has 23 heavy (non-hydrogen) atoms. The quantitative estimate of drug-likeness (QED) is 0.693. The van der Waals surface area contributed by atoms with Gasteiger partial charge in [0.15, 0.2) is 5.03 Å². The zero-order valence-electron chi connectivity index (χ0n) is 12.2. The molecule has 6 nitrogen and oxygen atoms in total. The summed E-state index contributed by atoms with van der Waals surface area (Å²) in [5.41, 5.74) is -0.746. The third-order valence-corrected chi connectivity index (χ3v) is 6.39. The van der Waals surface area contributed by atoms with Crippen molar-refractivity contribution in [3.63, 3.8) is 0 Å². The molecule has 0 fully saturated rings. The maximum absolute atomic E-state index is 12.3. The minimum Gasteiger partial charge on any atom is -0.378 e. The molecular formula is C14H15N3O3S3. The maximum Gasteiger partial charge on any atom is 0.259 e. The van der Waals surface area contributed by atoms with Crippen molar-refractivity contribution >= 4 is 32.7 Å². The molecule has 0 aliphatic carbocycles. The van der Waals surface area contributed by atoms with Gasteiger partial charge in [-0.2, -0.15) is 11.3 Å². The van der Waals surface area contributed by atoms with Gasteiger partial charge in [-0.05, 0) is 28.3 Å². The molecule has 9 heteroatoms. The van der Waals surface area contributed by atoms with Crippen LogP contribution < -0.4 is 4.72 Å². The summed E-state index contributed by atoms with van der Waals surface area (Å²) >= 11 is 2.83. The van der Waals surface area contributed by atoms with Crippen LogP contribution in [-0.4, -0.2) is 29.6 Å². The van der Waals surface area contributed by atoms with Gasteiger partial charge in [-0.25, -0.2) is 18.1 Å². The van der Waals surface area contributed by atoms with Crippen LogP contribution in [-0.2, 0) is 22.7 Å². The summed E-state index contributed by atoms with van der Waals surface area (Å²) in [5.74, 6) is 0. The number of aliphatic hydroxyl groups is 1. The number of imidazole rings is 1.